The molecule has 2 aromatic rings. The van der Waals surface area contributed by atoms with Crippen LogP contribution in [0.2, 0.25) is 0 Å². The third-order valence-corrected chi connectivity index (χ3v) is 3.56. The second-order valence-electron chi connectivity index (χ2n) is 5.50. The molecule has 1 atom stereocenters. The van der Waals surface area contributed by atoms with Gasteiger partial charge in [-0.25, -0.2) is 4.39 Å². The van der Waals surface area contributed by atoms with Crippen molar-refractivity contribution in [2.45, 2.75) is 19.9 Å². The molecule has 2 aromatic carbocycles. The fraction of sp³-hybridized carbons (Fsp3) is 0.278. The van der Waals surface area contributed by atoms with Gasteiger partial charge in [0.1, 0.15) is 12.4 Å². The molecule has 0 radical (unpaired) electrons. The number of rotatable bonds is 6. The van der Waals surface area contributed by atoms with E-state index in [4.69, 9.17) is 0 Å². The highest BCUT2D eigenvalue weighted by molar-refractivity contribution is 5.91. The van der Waals surface area contributed by atoms with Gasteiger partial charge in [-0.1, -0.05) is 37.3 Å². The number of benzene rings is 2. The summed E-state index contributed by atoms with van der Waals surface area (Å²) >= 11 is 0. The number of amides is 1. The van der Waals surface area contributed by atoms with E-state index in [2.05, 4.69) is 12.2 Å². The first kappa shape index (κ1) is 16.2. The van der Waals surface area contributed by atoms with Crippen molar-refractivity contribution in [2.75, 3.05) is 18.9 Å². The van der Waals surface area contributed by atoms with Crippen LogP contribution in [-0.4, -0.2) is 19.5 Å². The maximum Gasteiger partial charge on any atom is 0.279 e. The Morgan fingerprint density at radius 3 is 2.45 bits per heavy atom. The van der Waals surface area contributed by atoms with E-state index < -0.39 is 0 Å². The predicted octanol–water partition coefficient (Wildman–Crippen LogP) is 2.04. The van der Waals surface area contributed by atoms with E-state index in [0.29, 0.717) is 18.7 Å². The summed E-state index contributed by atoms with van der Waals surface area (Å²) < 4.78 is 13.6. The SMILES string of the molecule is CCc1ccc(NC(=O)C[NH+](C)Cc2ccccc2F)cc1. The van der Waals surface area contributed by atoms with Crippen LogP contribution in [-0.2, 0) is 17.8 Å². The minimum atomic E-state index is -0.225. The van der Waals surface area contributed by atoms with Gasteiger partial charge in [0, 0.05) is 11.3 Å². The number of carbonyl (C=O) groups excluding carboxylic acids is 1. The number of carbonyl (C=O) groups is 1. The summed E-state index contributed by atoms with van der Waals surface area (Å²) in [6.45, 7) is 2.87. The van der Waals surface area contributed by atoms with Crippen LogP contribution >= 0.6 is 0 Å². The summed E-state index contributed by atoms with van der Waals surface area (Å²) in [5.74, 6) is -0.296. The molecule has 0 fully saturated rings. The fourth-order valence-electron chi connectivity index (χ4n) is 2.33. The van der Waals surface area contributed by atoms with Crippen molar-refractivity contribution >= 4 is 11.6 Å². The number of hydrogen-bond donors (Lipinski definition) is 2. The average molecular weight is 301 g/mol. The van der Waals surface area contributed by atoms with Gasteiger partial charge >= 0.3 is 0 Å². The molecule has 1 unspecified atom stereocenters. The van der Waals surface area contributed by atoms with Gasteiger partial charge in [0.25, 0.3) is 5.91 Å². The first-order chi connectivity index (χ1) is 10.6. The average Bonchev–Trinajstić information content (AvgIpc) is 2.50. The van der Waals surface area contributed by atoms with Crippen molar-refractivity contribution in [1.82, 2.24) is 0 Å². The quantitative estimate of drug-likeness (QED) is 0.841. The van der Waals surface area contributed by atoms with Gasteiger partial charge in [-0.3, -0.25) is 4.79 Å². The first-order valence-electron chi connectivity index (χ1n) is 7.52. The molecule has 0 saturated carbocycles. The van der Waals surface area contributed by atoms with Crippen molar-refractivity contribution in [3.63, 3.8) is 0 Å². The largest absolute Gasteiger partial charge is 0.326 e. The summed E-state index contributed by atoms with van der Waals surface area (Å²) in [5.41, 5.74) is 2.65. The highest BCUT2D eigenvalue weighted by Gasteiger charge is 2.12. The standard InChI is InChI=1S/C18H21FN2O/c1-3-14-8-10-16(11-9-14)20-18(22)13-21(2)12-15-6-4-5-7-17(15)19/h4-11H,3,12-13H2,1-2H3,(H,20,22)/p+1. The molecule has 0 aliphatic heterocycles. The Labute approximate surface area is 130 Å². The predicted molar refractivity (Wildman–Crippen MR) is 86.3 cm³/mol. The Balaban J connectivity index is 1.87. The van der Waals surface area contributed by atoms with Crippen molar-refractivity contribution < 1.29 is 14.1 Å². The molecule has 2 rings (SSSR count). The molecule has 0 aliphatic rings. The molecular weight excluding hydrogens is 279 g/mol. The molecule has 116 valence electrons. The van der Waals surface area contributed by atoms with E-state index >= 15 is 0 Å². The number of likely N-dealkylation sites (N-methyl/N-ethyl adjacent to an activating group) is 1. The van der Waals surface area contributed by atoms with Gasteiger partial charge in [0.15, 0.2) is 6.54 Å². The van der Waals surface area contributed by atoms with Crippen LogP contribution < -0.4 is 10.2 Å². The zero-order valence-electron chi connectivity index (χ0n) is 13.0. The molecule has 0 spiro atoms. The summed E-state index contributed by atoms with van der Waals surface area (Å²) in [5, 5.41) is 2.87. The fourth-order valence-corrected chi connectivity index (χ4v) is 2.33. The number of aryl methyl sites for hydroxylation is 1. The zero-order valence-corrected chi connectivity index (χ0v) is 13.0. The molecule has 0 bridgehead atoms. The number of anilines is 1. The molecule has 0 aliphatic carbocycles. The summed E-state index contributed by atoms with van der Waals surface area (Å²) in [7, 11) is 1.88. The monoisotopic (exact) mass is 301 g/mol. The highest BCUT2D eigenvalue weighted by Crippen LogP contribution is 2.09. The maximum absolute atomic E-state index is 13.6. The Morgan fingerprint density at radius 1 is 1.14 bits per heavy atom. The van der Waals surface area contributed by atoms with Crippen LogP contribution in [0.15, 0.2) is 48.5 Å². The minimum Gasteiger partial charge on any atom is -0.326 e. The summed E-state index contributed by atoms with van der Waals surface area (Å²) in [6.07, 6.45) is 0.976. The second kappa shape index (κ2) is 7.71. The lowest BCUT2D eigenvalue weighted by Gasteiger charge is -2.14. The van der Waals surface area contributed by atoms with Gasteiger partial charge in [0.05, 0.1) is 7.05 Å². The van der Waals surface area contributed by atoms with Gasteiger partial charge in [-0.15, -0.1) is 0 Å². The van der Waals surface area contributed by atoms with E-state index in [1.54, 1.807) is 18.2 Å². The van der Waals surface area contributed by atoms with Crippen molar-refractivity contribution in [2.24, 2.45) is 0 Å². The third-order valence-electron chi connectivity index (χ3n) is 3.56. The molecule has 4 heteroatoms. The van der Waals surface area contributed by atoms with Crippen LogP contribution in [0.4, 0.5) is 10.1 Å². The van der Waals surface area contributed by atoms with Crippen LogP contribution in [0.25, 0.3) is 0 Å². The summed E-state index contributed by atoms with van der Waals surface area (Å²) in [6, 6.07) is 14.5. The maximum atomic E-state index is 13.6. The lowest BCUT2D eigenvalue weighted by Crippen LogP contribution is -3.08. The summed E-state index contributed by atoms with van der Waals surface area (Å²) in [4.78, 5) is 13.0. The van der Waals surface area contributed by atoms with Crippen LogP contribution in [0.1, 0.15) is 18.1 Å². The van der Waals surface area contributed by atoms with E-state index in [-0.39, 0.29) is 11.7 Å². The molecule has 0 heterocycles. The lowest BCUT2D eigenvalue weighted by molar-refractivity contribution is -0.885. The Bertz CT molecular complexity index is 625. The first-order valence-corrected chi connectivity index (χ1v) is 7.52. The topological polar surface area (TPSA) is 33.5 Å². The van der Waals surface area contributed by atoms with E-state index in [9.17, 15) is 9.18 Å². The van der Waals surface area contributed by atoms with Crippen molar-refractivity contribution in [1.29, 1.82) is 0 Å². The second-order valence-corrected chi connectivity index (χ2v) is 5.50. The van der Waals surface area contributed by atoms with Crippen molar-refractivity contribution in [3.8, 4) is 0 Å². The molecule has 3 nitrogen and oxygen atoms in total. The Kier molecular flexibility index (Phi) is 5.67. The smallest absolute Gasteiger partial charge is 0.279 e. The van der Waals surface area contributed by atoms with Gasteiger partial charge in [-0.2, -0.15) is 0 Å². The molecule has 1 amide bonds. The van der Waals surface area contributed by atoms with E-state index in [1.165, 1.54) is 11.6 Å². The highest BCUT2D eigenvalue weighted by atomic mass is 19.1. The number of hydrogen-bond acceptors (Lipinski definition) is 1. The molecule has 22 heavy (non-hydrogen) atoms. The van der Waals surface area contributed by atoms with Crippen LogP contribution in [0.5, 0.6) is 0 Å². The van der Waals surface area contributed by atoms with Crippen molar-refractivity contribution in [3.05, 3.63) is 65.5 Å². The molecule has 0 aromatic heterocycles. The molecule has 2 N–H and O–H groups in total. The minimum absolute atomic E-state index is 0.0712. The Hall–Kier alpha value is -2.20. The Morgan fingerprint density at radius 2 is 1.82 bits per heavy atom. The van der Waals surface area contributed by atoms with E-state index in [1.807, 2.05) is 31.3 Å². The number of quaternary nitrogens is 1. The number of nitrogens with one attached hydrogen (secondary N) is 2. The zero-order chi connectivity index (χ0) is 15.9. The third kappa shape index (κ3) is 4.67. The van der Waals surface area contributed by atoms with Crippen LogP contribution in [0.3, 0.4) is 0 Å². The van der Waals surface area contributed by atoms with Crippen LogP contribution in [0, 0.1) is 5.82 Å². The lowest BCUT2D eigenvalue weighted by atomic mass is 10.1. The van der Waals surface area contributed by atoms with E-state index in [0.717, 1.165) is 17.0 Å². The van der Waals surface area contributed by atoms with Gasteiger partial charge in [-0.05, 0) is 30.2 Å². The normalized spacial score (nSPS) is 12.0. The molecular formula is C18H22FN2O+. The number of halogens is 1. The molecule has 0 saturated heterocycles. The van der Waals surface area contributed by atoms with Gasteiger partial charge < -0.3 is 10.2 Å². The van der Waals surface area contributed by atoms with Gasteiger partial charge in [0.2, 0.25) is 0 Å².